The second kappa shape index (κ2) is 8.07. The zero-order valence-electron chi connectivity index (χ0n) is 12.1. The topological polar surface area (TPSA) is 74.2 Å². The number of ether oxygens (including phenoxy) is 3. The summed E-state index contributed by atoms with van der Waals surface area (Å²) in [7, 11) is 3.83. The number of carbonyl (C=O) groups excluding carboxylic acids is 2. The summed E-state index contributed by atoms with van der Waals surface area (Å²) >= 11 is 0. The minimum absolute atomic E-state index is 0.188. The highest BCUT2D eigenvalue weighted by molar-refractivity contribution is 6.01. The second-order valence-electron chi connectivity index (χ2n) is 3.79. The Morgan fingerprint density at radius 2 is 1.53 bits per heavy atom. The molecule has 0 aromatic rings. The Morgan fingerprint density at radius 1 is 0.947 bits per heavy atom. The summed E-state index contributed by atoms with van der Waals surface area (Å²) in [5.41, 5.74) is 1.55. The minimum Gasteiger partial charge on any atom is -0.481 e. The Bertz CT molecular complexity index is 442. The molecular formula is C13H19NO5. The van der Waals surface area contributed by atoms with E-state index in [0.29, 0.717) is 0 Å². The van der Waals surface area contributed by atoms with Gasteiger partial charge in [-0.1, -0.05) is 5.57 Å². The van der Waals surface area contributed by atoms with E-state index in [1.807, 2.05) is 13.8 Å². The molecule has 0 fully saturated rings. The van der Waals surface area contributed by atoms with Gasteiger partial charge in [0.1, 0.15) is 0 Å². The number of hydrogen-bond acceptors (Lipinski definition) is 6. The van der Waals surface area contributed by atoms with E-state index in [9.17, 15) is 9.59 Å². The van der Waals surface area contributed by atoms with Crippen molar-refractivity contribution in [1.82, 2.24) is 0 Å². The van der Waals surface area contributed by atoms with Crippen molar-refractivity contribution in [3.05, 3.63) is 22.9 Å². The molecule has 6 heteroatoms. The van der Waals surface area contributed by atoms with Crippen LogP contribution in [0.25, 0.3) is 0 Å². The van der Waals surface area contributed by atoms with E-state index >= 15 is 0 Å². The van der Waals surface area contributed by atoms with Crippen LogP contribution in [-0.2, 0) is 23.8 Å². The third-order valence-corrected chi connectivity index (χ3v) is 2.34. The van der Waals surface area contributed by atoms with Crippen molar-refractivity contribution < 1.29 is 23.8 Å². The molecule has 106 valence electrons. The van der Waals surface area contributed by atoms with E-state index in [1.54, 1.807) is 6.92 Å². The molecule has 0 heterocycles. The van der Waals surface area contributed by atoms with Gasteiger partial charge in [-0.3, -0.25) is 0 Å². The molecule has 0 bridgehead atoms. The normalized spacial score (nSPS) is 11.7. The number of rotatable bonds is 4. The molecule has 0 atom stereocenters. The van der Waals surface area contributed by atoms with Crippen molar-refractivity contribution >= 4 is 17.8 Å². The number of methoxy groups -OCH3 is 3. The Hall–Kier alpha value is -2.11. The van der Waals surface area contributed by atoms with Gasteiger partial charge in [0.2, 0.25) is 5.90 Å². The van der Waals surface area contributed by atoms with Crippen molar-refractivity contribution in [3.63, 3.8) is 0 Å². The van der Waals surface area contributed by atoms with Crippen LogP contribution in [0.5, 0.6) is 0 Å². The third-order valence-electron chi connectivity index (χ3n) is 2.34. The van der Waals surface area contributed by atoms with E-state index in [2.05, 4.69) is 14.5 Å². The fraction of sp³-hybridized carbons (Fsp3) is 0.462. The van der Waals surface area contributed by atoms with Crippen LogP contribution in [0.1, 0.15) is 20.8 Å². The van der Waals surface area contributed by atoms with Gasteiger partial charge in [-0.15, -0.1) is 0 Å². The van der Waals surface area contributed by atoms with Crippen molar-refractivity contribution in [2.24, 2.45) is 4.99 Å². The van der Waals surface area contributed by atoms with Gasteiger partial charge in [0, 0.05) is 5.57 Å². The minimum atomic E-state index is -0.749. The molecule has 0 aliphatic carbocycles. The van der Waals surface area contributed by atoms with Crippen LogP contribution in [0.4, 0.5) is 0 Å². The third kappa shape index (κ3) is 5.37. The number of hydrogen-bond donors (Lipinski definition) is 0. The van der Waals surface area contributed by atoms with Gasteiger partial charge < -0.3 is 14.2 Å². The molecule has 0 aromatic heterocycles. The average Bonchev–Trinajstić information content (AvgIpc) is 2.41. The van der Waals surface area contributed by atoms with Crippen LogP contribution in [0.15, 0.2) is 27.9 Å². The molecular weight excluding hydrogens is 250 g/mol. The lowest BCUT2D eigenvalue weighted by Gasteiger charge is -2.08. The number of aliphatic imine (C=N–C) groups is 1. The van der Waals surface area contributed by atoms with Gasteiger partial charge in [-0.25, -0.2) is 14.6 Å². The first-order valence-corrected chi connectivity index (χ1v) is 5.52. The van der Waals surface area contributed by atoms with Crippen LogP contribution in [0.2, 0.25) is 0 Å². The predicted molar refractivity (Wildman–Crippen MR) is 70.6 cm³/mol. The fourth-order valence-electron chi connectivity index (χ4n) is 1.02. The SMILES string of the molecule is COC(=O)/C=C(/N=C(OC)C(C)=C(C)C)C(=O)OC. The highest BCUT2D eigenvalue weighted by Gasteiger charge is 2.14. The molecule has 0 N–H and O–H groups in total. The van der Waals surface area contributed by atoms with Gasteiger partial charge in [-0.05, 0) is 20.8 Å². The number of carbonyl (C=O) groups is 2. The lowest BCUT2D eigenvalue weighted by atomic mass is 10.2. The molecule has 0 saturated heterocycles. The monoisotopic (exact) mass is 269 g/mol. The number of allylic oxidation sites excluding steroid dienone is 1. The largest absolute Gasteiger partial charge is 0.481 e. The van der Waals surface area contributed by atoms with Crippen molar-refractivity contribution in [2.45, 2.75) is 20.8 Å². The van der Waals surface area contributed by atoms with Crippen LogP contribution >= 0.6 is 0 Å². The van der Waals surface area contributed by atoms with Crippen LogP contribution < -0.4 is 0 Å². The lowest BCUT2D eigenvalue weighted by Crippen LogP contribution is -2.11. The number of esters is 2. The summed E-state index contributed by atoms with van der Waals surface area (Å²) in [6.07, 6.45) is 0.948. The van der Waals surface area contributed by atoms with Crippen molar-refractivity contribution in [1.29, 1.82) is 0 Å². The number of nitrogens with zero attached hydrogens (tertiary/aromatic N) is 1. The maximum atomic E-state index is 11.5. The van der Waals surface area contributed by atoms with Crippen LogP contribution in [0, 0.1) is 0 Å². The average molecular weight is 269 g/mol. The van der Waals surface area contributed by atoms with E-state index in [-0.39, 0.29) is 11.6 Å². The Balaban J connectivity index is 5.64. The van der Waals surface area contributed by atoms with Gasteiger partial charge in [0.05, 0.1) is 27.4 Å². The van der Waals surface area contributed by atoms with Gasteiger partial charge in [0.25, 0.3) is 0 Å². The van der Waals surface area contributed by atoms with Crippen LogP contribution in [-0.4, -0.2) is 39.2 Å². The zero-order valence-corrected chi connectivity index (χ0v) is 12.1. The summed E-state index contributed by atoms with van der Waals surface area (Å²) in [6, 6.07) is 0. The first-order valence-electron chi connectivity index (χ1n) is 5.52. The maximum Gasteiger partial charge on any atom is 0.357 e. The van der Waals surface area contributed by atoms with E-state index < -0.39 is 11.9 Å². The quantitative estimate of drug-likeness (QED) is 0.335. The highest BCUT2D eigenvalue weighted by atomic mass is 16.5. The maximum absolute atomic E-state index is 11.5. The molecule has 0 aliphatic heterocycles. The Morgan fingerprint density at radius 3 is 1.89 bits per heavy atom. The molecule has 0 spiro atoms. The van der Waals surface area contributed by atoms with Crippen LogP contribution in [0.3, 0.4) is 0 Å². The lowest BCUT2D eigenvalue weighted by molar-refractivity contribution is -0.138. The smallest absolute Gasteiger partial charge is 0.357 e. The first-order chi connectivity index (χ1) is 8.87. The standard InChI is InChI=1S/C13H19NO5/c1-8(2)9(3)12(18-5)14-10(13(16)19-6)7-11(15)17-4/h7H,1-6H3/b10-7+,14-12?. The second-order valence-corrected chi connectivity index (χ2v) is 3.79. The summed E-state index contributed by atoms with van der Waals surface area (Å²) in [6.45, 7) is 5.56. The highest BCUT2D eigenvalue weighted by Crippen LogP contribution is 2.10. The Labute approximate surface area is 112 Å². The van der Waals surface area contributed by atoms with E-state index in [0.717, 1.165) is 17.2 Å². The summed E-state index contributed by atoms with van der Waals surface area (Å²) < 4.78 is 14.1. The molecule has 6 nitrogen and oxygen atoms in total. The molecule has 0 amide bonds. The summed E-state index contributed by atoms with van der Waals surface area (Å²) in [4.78, 5) is 26.7. The fourth-order valence-corrected chi connectivity index (χ4v) is 1.02. The molecule has 19 heavy (non-hydrogen) atoms. The summed E-state index contributed by atoms with van der Waals surface area (Å²) in [5.74, 6) is -1.21. The molecule has 0 aliphatic rings. The zero-order chi connectivity index (χ0) is 15.0. The molecule has 0 rings (SSSR count). The summed E-state index contributed by atoms with van der Waals surface area (Å²) in [5, 5.41) is 0. The Kier molecular flexibility index (Phi) is 7.18. The first kappa shape index (κ1) is 16.9. The molecule has 0 saturated carbocycles. The predicted octanol–water partition coefficient (Wildman–Crippen LogP) is 1.62. The van der Waals surface area contributed by atoms with Gasteiger partial charge >= 0.3 is 11.9 Å². The molecule has 0 aromatic carbocycles. The van der Waals surface area contributed by atoms with Gasteiger partial charge in [-0.2, -0.15) is 0 Å². The van der Waals surface area contributed by atoms with Gasteiger partial charge in [0.15, 0.2) is 5.70 Å². The van der Waals surface area contributed by atoms with E-state index in [4.69, 9.17) is 4.74 Å². The molecule has 0 unspecified atom stereocenters. The van der Waals surface area contributed by atoms with Crippen molar-refractivity contribution in [3.8, 4) is 0 Å². The van der Waals surface area contributed by atoms with Crippen molar-refractivity contribution in [2.75, 3.05) is 21.3 Å². The van der Waals surface area contributed by atoms with E-state index in [1.165, 1.54) is 21.3 Å². The molecule has 0 radical (unpaired) electrons.